The number of hydrogen-bond acceptors (Lipinski definition) is 3. The second-order valence-corrected chi connectivity index (χ2v) is 4.85. The minimum atomic E-state index is -0.645. The first-order valence-corrected chi connectivity index (χ1v) is 6.39. The van der Waals surface area contributed by atoms with Crippen LogP contribution in [0.1, 0.15) is 15.9 Å². The molecule has 2 aromatic carbocycles. The van der Waals surface area contributed by atoms with Gasteiger partial charge in [0.05, 0.1) is 15.6 Å². The number of carbonyl (C=O) groups is 1. The van der Waals surface area contributed by atoms with Crippen LogP contribution < -0.4 is 5.73 Å². The van der Waals surface area contributed by atoms with E-state index in [2.05, 4.69) is 0 Å². The summed E-state index contributed by atoms with van der Waals surface area (Å²) < 4.78 is 17.8. The van der Waals surface area contributed by atoms with Gasteiger partial charge in [0.1, 0.15) is 12.4 Å². The Morgan fingerprint density at radius 3 is 2.50 bits per heavy atom. The SMILES string of the molecule is Nc1cc(Cl)c(Cl)c(C(=O)OCc2ccc(F)cc2)c1. The van der Waals surface area contributed by atoms with Crippen LogP contribution in [0.2, 0.25) is 10.0 Å². The summed E-state index contributed by atoms with van der Waals surface area (Å²) in [6.45, 7) is 0.00185. The second kappa shape index (κ2) is 6.11. The Morgan fingerprint density at radius 2 is 1.85 bits per heavy atom. The fourth-order valence-corrected chi connectivity index (χ4v) is 1.98. The first kappa shape index (κ1) is 14.6. The molecule has 0 aliphatic rings. The van der Waals surface area contributed by atoms with Gasteiger partial charge in [-0.3, -0.25) is 0 Å². The van der Waals surface area contributed by atoms with Gasteiger partial charge in [-0.25, -0.2) is 9.18 Å². The number of hydrogen-bond donors (Lipinski definition) is 1. The molecule has 0 aliphatic carbocycles. The number of nitrogens with two attached hydrogens (primary N) is 1. The van der Waals surface area contributed by atoms with E-state index in [0.29, 0.717) is 11.3 Å². The van der Waals surface area contributed by atoms with Crippen molar-refractivity contribution in [1.82, 2.24) is 0 Å². The van der Waals surface area contributed by atoms with Crippen LogP contribution in [-0.4, -0.2) is 5.97 Å². The van der Waals surface area contributed by atoms with E-state index >= 15 is 0 Å². The van der Waals surface area contributed by atoms with E-state index in [1.165, 1.54) is 36.4 Å². The largest absolute Gasteiger partial charge is 0.457 e. The molecule has 0 aromatic heterocycles. The van der Waals surface area contributed by atoms with E-state index < -0.39 is 5.97 Å². The summed E-state index contributed by atoms with van der Waals surface area (Å²) in [6.07, 6.45) is 0. The molecule has 0 unspecified atom stereocenters. The zero-order valence-corrected chi connectivity index (χ0v) is 11.7. The van der Waals surface area contributed by atoms with Crippen LogP contribution in [0.3, 0.4) is 0 Å². The summed E-state index contributed by atoms with van der Waals surface area (Å²) in [6, 6.07) is 8.45. The molecule has 0 atom stereocenters. The number of halogens is 3. The Hall–Kier alpha value is -1.78. The van der Waals surface area contributed by atoms with Gasteiger partial charge in [-0.1, -0.05) is 35.3 Å². The van der Waals surface area contributed by atoms with Crippen LogP contribution in [0.15, 0.2) is 36.4 Å². The second-order valence-electron chi connectivity index (χ2n) is 4.07. The number of benzene rings is 2. The summed E-state index contributed by atoms with van der Waals surface area (Å²) in [7, 11) is 0. The maximum Gasteiger partial charge on any atom is 0.340 e. The lowest BCUT2D eigenvalue weighted by atomic mass is 10.2. The Bertz CT molecular complexity index is 644. The van der Waals surface area contributed by atoms with Crippen molar-refractivity contribution in [2.45, 2.75) is 6.61 Å². The maximum absolute atomic E-state index is 12.7. The Balaban J connectivity index is 2.11. The van der Waals surface area contributed by atoms with Gasteiger partial charge in [0, 0.05) is 5.69 Å². The highest BCUT2D eigenvalue weighted by atomic mass is 35.5. The fourth-order valence-electron chi connectivity index (χ4n) is 1.57. The van der Waals surface area contributed by atoms with Crippen LogP contribution in [0.4, 0.5) is 10.1 Å². The van der Waals surface area contributed by atoms with Crippen molar-refractivity contribution < 1.29 is 13.9 Å². The van der Waals surface area contributed by atoms with E-state index in [4.69, 9.17) is 33.7 Å². The summed E-state index contributed by atoms with van der Waals surface area (Å²) >= 11 is 11.8. The summed E-state index contributed by atoms with van der Waals surface area (Å²) in [5.41, 5.74) is 6.66. The molecule has 2 aromatic rings. The molecule has 0 fully saturated rings. The molecule has 2 N–H and O–H groups in total. The van der Waals surface area contributed by atoms with Crippen molar-refractivity contribution in [2.75, 3.05) is 5.73 Å². The van der Waals surface area contributed by atoms with Gasteiger partial charge in [-0.15, -0.1) is 0 Å². The smallest absolute Gasteiger partial charge is 0.340 e. The third-order valence-electron chi connectivity index (χ3n) is 2.55. The van der Waals surface area contributed by atoms with Crippen LogP contribution >= 0.6 is 23.2 Å². The van der Waals surface area contributed by atoms with E-state index in [1.54, 1.807) is 0 Å². The molecule has 20 heavy (non-hydrogen) atoms. The Kier molecular flexibility index (Phi) is 4.47. The van der Waals surface area contributed by atoms with Gasteiger partial charge in [0.15, 0.2) is 0 Å². The third kappa shape index (κ3) is 3.40. The molecule has 0 saturated heterocycles. The van der Waals surface area contributed by atoms with Crippen LogP contribution in [-0.2, 0) is 11.3 Å². The minimum absolute atomic E-state index is 0.00185. The Labute approximate surface area is 125 Å². The molecule has 0 spiro atoms. The molecule has 0 heterocycles. The van der Waals surface area contributed by atoms with Crippen molar-refractivity contribution in [1.29, 1.82) is 0 Å². The number of ether oxygens (including phenoxy) is 1. The standard InChI is InChI=1S/C14H10Cl2FNO2/c15-12-6-10(18)5-11(13(12)16)14(19)20-7-8-1-3-9(17)4-2-8/h1-6H,7,18H2. The molecule has 0 aliphatic heterocycles. The quantitative estimate of drug-likeness (QED) is 0.686. The molecule has 0 amide bonds. The first-order chi connectivity index (χ1) is 9.47. The van der Waals surface area contributed by atoms with Gasteiger partial charge in [-0.05, 0) is 29.8 Å². The van der Waals surface area contributed by atoms with Crippen LogP contribution in [0.25, 0.3) is 0 Å². The summed E-state index contributed by atoms with van der Waals surface area (Å²) in [4.78, 5) is 11.9. The van der Waals surface area contributed by atoms with Crippen LogP contribution in [0.5, 0.6) is 0 Å². The molecular formula is C14H10Cl2FNO2. The molecule has 0 bridgehead atoms. The molecule has 0 saturated carbocycles. The number of esters is 1. The van der Waals surface area contributed by atoms with Gasteiger partial charge < -0.3 is 10.5 Å². The van der Waals surface area contributed by atoms with E-state index in [-0.39, 0.29) is 28.0 Å². The van der Waals surface area contributed by atoms with Gasteiger partial charge in [0.25, 0.3) is 0 Å². The Morgan fingerprint density at radius 1 is 1.20 bits per heavy atom. The summed E-state index contributed by atoms with van der Waals surface area (Å²) in [5.74, 6) is -1.00. The highest BCUT2D eigenvalue weighted by molar-refractivity contribution is 6.44. The number of anilines is 1. The third-order valence-corrected chi connectivity index (χ3v) is 3.36. The lowest BCUT2D eigenvalue weighted by Gasteiger charge is -2.08. The molecule has 6 heteroatoms. The molecular weight excluding hydrogens is 304 g/mol. The number of carbonyl (C=O) groups excluding carboxylic acids is 1. The molecule has 104 valence electrons. The predicted molar refractivity (Wildman–Crippen MR) is 76.4 cm³/mol. The van der Waals surface area contributed by atoms with Gasteiger partial charge in [0.2, 0.25) is 0 Å². The molecule has 0 radical (unpaired) electrons. The highest BCUT2D eigenvalue weighted by Gasteiger charge is 2.15. The number of rotatable bonds is 3. The van der Waals surface area contributed by atoms with Crippen LogP contribution in [0, 0.1) is 5.82 Å². The van der Waals surface area contributed by atoms with Crippen molar-refractivity contribution in [2.24, 2.45) is 0 Å². The van der Waals surface area contributed by atoms with E-state index in [9.17, 15) is 9.18 Å². The zero-order chi connectivity index (χ0) is 14.7. The predicted octanol–water partition coefficient (Wildman–Crippen LogP) is 4.07. The van der Waals surface area contributed by atoms with E-state index in [0.717, 1.165) is 0 Å². The minimum Gasteiger partial charge on any atom is -0.457 e. The summed E-state index contributed by atoms with van der Waals surface area (Å²) in [5, 5.41) is 0.269. The van der Waals surface area contributed by atoms with Crippen molar-refractivity contribution >= 4 is 34.9 Å². The van der Waals surface area contributed by atoms with Gasteiger partial charge >= 0.3 is 5.97 Å². The zero-order valence-electron chi connectivity index (χ0n) is 10.2. The van der Waals surface area contributed by atoms with Gasteiger partial charge in [-0.2, -0.15) is 0 Å². The number of nitrogen functional groups attached to an aromatic ring is 1. The lowest BCUT2D eigenvalue weighted by Crippen LogP contribution is -2.07. The molecule has 2 rings (SSSR count). The van der Waals surface area contributed by atoms with Crippen molar-refractivity contribution in [3.63, 3.8) is 0 Å². The van der Waals surface area contributed by atoms with Crippen molar-refractivity contribution in [3.05, 3.63) is 63.4 Å². The fraction of sp³-hybridized carbons (Fsp3) is 0.0714. The highest BCUT2D eigenvalue weighted by Crippen LogP contribution is 2.29. The van der Waals surface area contributed by atoms with E-state index in [1.807, 2.05) is 0 Å². The molecule has 3 nitrogen and oxygen atoms in total. The monoisotopic (exact) mass is 313 g/mol. The van der Waals surface area contributed by atoms with Crippen molar-refractivity contribution in [3.8, 4) is 0 Å². The average molecular weight is 314 g/mol. The normalized spacial score (nSPS) is 10.3. The average Bonchev–Trinajstić information content (AvgIpc) is 2.42. The topological polar surface area (TPSA) is 52.3 Å². The maximum atomic E-state index is 12.7. The lowest BCUT2D eigenvalue weighted by molar-refractivity contribution is 0.0473. The first-order valence-electron chi connectivity index (χ1n) is 5.63.